The number of nitrogens with zero attached hydrogens (tertiary/aromatic N) is 1. The van der Waals surface area contributed by atoms with Crippen LogP contribution in [-0.4, -0.2) is 43.1 Å². The molecule has 4 rings (SSSR count). The molecular formula is C18H19F3N2O3. The first-order valence-electron chi connectivity index (χ1n) is 8.34. The van der Waals surface area contributed by atoms with Crippen molar-refractivity contribution >= 4 is 11.8 Å². The van der Waals surface area contributed by atoms with E-state index in [9.17, 15) is 18.0 Å². The number of fused-ring (bicyclic) bond motifs is 3. The smallest absolute Gasteiger partial charge is 0.448 e. The van der Waals surface area contributed by atoms with Gasteiger partial charge in [-0.25, -0.2) is 4.79 Å². The van der Waals surface area contributed by atoms with Gasteiger partial charge in [-0.15, -0.1) is 25.5 Å². The molecule has 4 atom stereocenters. The van der Waals surface area contributed by atoms with Crippen LogP contribution in [0, 0.1) is 24.2 Å². The van der Waals surface area contributed by atoms with Gasteiger partial charge in [0.1, 0.15) is 12.4 Å². The SMILES string of the molecule is C#C[C@H]1CN2CC[C@H]1C[C@@H]2COC(=O)Nc1ccc(OC(F)(F)F)cc1. The van der Waals surface area contributed by atoms with Crippen molar-refractivity contribution in [3.8, 4) is 18.1 Å². The molecule has 1 unspecified atom stereocenters. The first-order chi connectivity index (χ1) is 12.3. The Balaban J connectivity index is 1.46. The summed E-state index contributed by atoms with van der Waals surface area (Å²) >= 11 is 0. The Morgan fingerprint density at radius 3 is 2.65 bits per heavy atom. The number of halogens is 3. The van der Waals surface area contributed by atoms with Gasteiger partial charge < -0.3 is 9.47 Å². The van der Waals surface area contributed by atoms with Crippen molar-refractivity contribution in [1.82, 2.24) is 4.90 Å². The number of anilines is 1. The summed E-state index contributed by atoms with van der Waals surface area (Å²) in [5, 5.41) is 2.49. The highest BCUT2D eigenvalue weighted by Crippen LogP contribution is 2.35. The lowest BCUT2D eigenvalue weighted by molar-refractivity contribution is -0.274. The fraction of sp³-hybridized carbons (Fsp3) is 0.500. The number of piperidine rings is 3. The molecule has 1 aromatic rings. The van der Waals surface area contributed by atoms with Crippen molar-refractivity contribution in [3.63, 3.8) is 0 Å². The number of hydrogen-bond donors (Lipinski definition) is 1. The highest BCUT2D eigenvalue weighted by atomic mass is 19.4. The summed E-state index contributed by atoms with van der Waals surface area (Å²) in [5.74, 6) is 3.22. The quantitative estimate of drug-likeness (QED) is 0.827. The number of carbonyl (C=O) groups excluding carboxylic acids is 1. The van der Waals surface area contributed by atoms with Crippen molar-refractivity contribution in [2.75, 3.05) is 25.0 Å². The molecule has 3 aliphatic heterocycles. The summed E-state index contributed by atoms with van der Waals surface area (Å²) < 4.78 is 45.4. The maximum atomic E-state index is 12.1. The van der Waals surface area contributed by atoms with Crippen LogP contribution in [0.4, 0.5) is 23.7 Å². The van der Waals surface area contributed by atoms with Crippen LogP contribution in [0.1, 0.15) is 12.8 Å². The first kappa shape index (κ1) is 18.4. The fourth-order valence-corrected chi connectivity index (χ4v) is 3.57. The molecule has 5 nitrogen and oxygen atoms in total. The van der Waals surface area contributed by atoms with E-state index in [0.29, 0.717) is 11.6 Å². The molecule has 3 saturated heterocycles. The minimum Gasteiger partial charge on any atom is -0.448 e. The number of rotatable bonds is 4. The molecular weight excluding hydrogens is 349 g/mol. The monoisotopic (exact) mass is 368 g/mol. The van der Waals surface area contributed by atoms with Gasteiger partial charge in [0.15, 0.2) is 0 Å². The van der Waals surface area contributed by atoms with Gasteiger partial charge >= 0.3 is 12.5 Å². The van der Waals surface area contributed by atoms with Crippen LogP contribution in [0.3, 0.4) is 0 Å². The van der Waals surface area contributed by atoms with E-state index in [-0.39, 0.29) is 24.3 Å². The molecule has 3 heterocycles. The zero-order chi connectivity index (χ0) is 18.7. The normalized spacial score (nSPS) is 27.5. The minimum absolute atomic E-state index is 0.159. The lowest BCUT2D eigenvalue weighted by atomic mass is 9.76. The molecule has 0 aromatic heterocycles. The van der Waals surface area contributed by atoms with Crippen LogP contribution in [-0.2, 0) is 4.74 Å². The van der Waals surface area contributed by atoms with Crippen LogP contribution in [0.15, 0.2) is 24.3 Å². The second-order valence-electron chi connectivity index (χ2n) is 6.50. The third kappa shape index (κ3) is 4.61. The fourth-order valence-electron chi connectivity index (χ4n) is 3.57. The van der Waals surface area contributed by atoms with Crippen LogP contribution < -0.4 is 10.1 Å². The maximum absolute atomic E-state index is 12.1. The molecule has 140 valence electrons. The third-order valence-electron chi connectivity index (χ3n) is 4.83. The molecule has 0 saturated carbocycles. The Morgan fingerprint density at radius 2 is 2.08 bits per heavy atom. The zero-order valence-corrected chi connectivity index (χ0v) is 14.0. The number of benzene rings is 1. The third-order valence-corrected chi connectivity index (χ3v) is 4.83. The van der Waals surface area contributed by atoms with E-state index >= 15 is 0 Å². The maximum Gasteiger partial charge on any atom is 0.573 e. The van der Waals surface area contributed by atoms with Gasteiger partial charge in [0.25, 0.3) is 0 Å². The number of amides is 1. The zero-order valence-electron chi connectivity index (χ0n) is 14.0. The van der Waals surface area contributed by atoms with Crippen molar-refractivity contribution in [1.29, 1.82) is 0 Å². The second-order valence-corrected chi connectivity index (χ2v) is 6.50. The van der Waals surface area contributed by atoms with Crippen LogP contribution >= 0.6 is 0 Å². The van der Waals surface area contributed by atoms with E-state index in [2.05, 4.69) is 20.9 Å². The van der Waals surface area contributed by atoms with Gasteiger partial charge in [0.2, 0.25) is 0 Å². The van der Waals surface area contributed by atoms with Gasteiger partial charge in [-0.2, -0.15) is 0 Å². The molecule has 3 aliphatic rings. The number of alkyl halides is 3. The van der Waals surface area contributed by atoms with Crippen LogP contribution in [0.2, 0.25) is 0 Å². The molecule has 0 radical (unpaired) electrons. The van der Waals surface area contributed by atoms with E-state index in [4.69, 9.17) is 11.2 Å². The molecule has 1 aromatic carbocycles. The van der Waals surface area contributed by atoms with Gasteiger partial charge in [-0.3, -0.25) is 10.2 Å². The molecule has 8 heteroatoms. The van der Waals surface area contributed by atoms with Crippen molar-refractivity contribution in [3.05, 3.63) is 24.3 Å². The highest BCUT2D eigenvalue weighted by Gasteiger charge is 2.39. The Labute approximate surface area is 149 Å². The number of terminal acetylenes is 1. The van der Waals surface area contributed by atoms with Gasteiger partial charge in [0, 0.05) is 24.2 Å². The summed E-state index contributed by atoms with van der Waals surface area (Å²) in [5.41, 5.74) is 0.322. The summed E-state index contributed by atoms with van der Waals surface area (Å²) in [7, 11) is 0. The van der Waals surface area contributed by atoms with E-state index in [1.807, 2.05) is 0 Å². The molecule has 2 bridgehead atoms. The van der Waals surface area contributed by atoms with E-state index in [0.717, 1.165) is 38.1 Å². The molecule has 0 spiro atoms. The topological polar surface area (TPSA) is 50.8 Å². The predicted octanol–water partition coefficient (Wildman–Crippen LogP) is 3.48. The number of carbonyl (C=O) groups is 1. The van der Waals surface area contributed by atoms with Crippen LogP contribution in [0.25, 0.3) is 0 Å². The molecule has 3 fully saturated rings. The molecule has 1 N–H and O–H groups in total. The lowest BCUT2D eigenvalue weighted by Crippen LogP contribution is -2.54. The number of hydrogen-bond acceptors (Lipinski definition) is 4. The Hall–Kier alpha value is -2.40. The Kier molecular flexibility index (Phi) is 5.28. The van der Waals surface area contributed by atoms with E-state index in [1.165, 1.54) is 12.1 Å². The Bertz CT molecular complexity index is 684. The lowest BCUT2D eigenvalue weighted by Gasteiger charge is -2.48. The van der Waals surface area contributed by atoms with Gasteiger partial charge in [0.05, 0.1) is 0 Å². The second kappa shape index (κ2) is 7.46. The predicted molar refractivity (Wildman–Crippen MR) is 88.5 cm³/mol. The van der Waals surface area contributed by atoms with Crippen molar-refractivity contribution < 1.29 is 27.4 Å². The van der Waals surface area contributed by atoms with Crippen molar-refractivity contribution in [2.45, 2.75) is 25.2 Å². The van der Waals surface area contributed by atoms with Crippen molar-refractivity contribution in [2.24, 2.45) is 11.8 Å². The largest absolute Gasteiger partial charge is 0.573 e. The molecule has 26 heavy (non-hydrogen) atoms. The average Bonchev–Trinajstić information content (AvgIpc) is 2.61. The van der Waals surface area contributed by atoms with E-state index < -0.39 is 12.5 Å². The number of nitrogens with one attached hydrogen (secondary N) is 1. The Morgan fingerprint density at radius 1 is 1.35 bits per heavy atom. The minimum atomic E-state index is -4.75. The number of ether oxygens (including phenoxy) is 2. The summed E-state index contributed by atoms with van der Waals surface area (Å²) in [4.78, 5) is 14.2. The van der Waals surface area contributed by atoms with Gasteiger partial charge in [-0.05, 0) is 49.6 Å². The van der Waals surface area contributed by atoms with Gasteiger partial charge in [-0.1, -0.05) is 0 Å². The average molecular weight is 368 g/mol. The van der Waals surface area contributed by atoms with E-state index in [1.54, 1.807) is 0 Å². The standard InChI is InChI=1S/C18H19F3N2O3/c1-2-12-10-23-8-7-13(12)9-15(23)11-25-17(24)22-14-3-5-16(6-4-14)26-18(19,20)21/h1,3-6,12-13,15H,7-11H2,(H,22,24)/t12-,13-,15+/m0/s1. The summed E-state index contributed by atoms with van der Waals surface area (Å²) in [6.45, 7) is 2.05. The molecule has 1 amide bonds. The summed E-state index contributed by atoms with van der Waals surface area (Å²) in [6.07, 6.45) is 2.13. The highest BCUT2D eigenvalue weighted by molar-refractivity contribution is 5.84. The van der Waals surface area contributed by atoms with Crippen LogP contribution in [0.5, 0.6) is 5.75 Å². The summed E-state index contributed by atoms with van der Waals surface area (Å²) in [6, 6.07) is 5.02. The molecule has 0 aliphatic carbocycles. The first-order valence-corrected chi connectivity index (χ1v) is 8.34.